The lowest BCUT2D eigenvalue weighted by Crippen LogP contribution is -2.29. The van der Waals surface area contributed by atoms with Crippen LogP contribution in [-0.2, 0) is 0 Å². The molecule has 1 atom stereocenters. The zero-order valence-electron chi connectivity index (χ0n) is 17.7. The van der Waals surface area contributed by atoms with E-state index in [2.05, 4.69) is 20.2 Å². The molecule has 5 rings (SSSR count). The first-order valence-electron chi connectivity index (χ1n) is 10.2. The Balaban J connectivity index is 1.54. The number of hydrogen-bond donors (Lipinski definition) is 1. The van der Waals surface area contributed by atoms with Gasteiger partial charge in [0.15, 0.2) is 5.65 Å². The summed E-state index contributed by atoms with van der Waals surface area (Å²) in [5.74, 6) is -4.30. The molecule has 0 aliphatic heterocycles. The maximum Gasteiger partial charge on any atom is 0.271 e. The van der Waals surface area contributed by atoms with E-state index in [4.69, 9.17) is 5.73 Å². The summed E-state index contributed by atoms with van der Waals surface area (Å²) in [4.78, 5) is 8.49. The SMILES string of the molecule is CC(F)(F)[C@@H](c1ccc(F)cc1)n1cc(-c2nc(-c3ccn4nc(N)nc4c3)ccc2F)cn1. The molecule has 0 unspecified atom stereocenters. The maximum absolute atomic E-state index is 14.7. The van der Waals surface area contributed by atoms with Gasteiger partial charge in [-0.1, -0.05) is 12.1 Å². The molecule has 1 aromatic carbocycles. The van der Waals surface area contributed by atoms with Gasteiger partial charge in [-0.05, 0) is 42.0 Å². The fraction of sp³-hybridized carbons (Fsp3) is 0.130. The molecule has 34 heavy (non-hydrogen) atoms. The number of alkyl halides is 2. The Kier molecular flexibility index (Phi) is 5.03. The van der Waals surface area contributed by atoms with Gasteiger partial charge in [0.2, 0.25) is 5.95 Å². The van der Waals surface area contributed by atoms with Crippen molar-refractivity contribution in [1.82, 2.24) is 29.4 Å². The Morgan fingerprint density at radius 1 is 0.971 bits per heavy atom. The van der Waals surface area contributed by atoms with Gasteiger partial charge in [-0.3, -0.25) is 4.68 Å². The first-order chi connectivity index (χ1) is 16.2. The van der Waals surface area contributed by atoms with Crippen LogP contribution >= 0.6 is 0 Å². The third-order valence-electron chi connectivity index (χ3n) is 5.30. The van der Waals surface area contributed by atoms with Gasteiger partial charge in [-0.25, -0.2) is 27.1 Å². The normalized spacial score (nSPS) is 12.9. The Bertz CT molecular complexity index is 1490. The number of nitrogens with two attached hydrogens (primary N) is 1. The van der Waals surface area contributed by atoms with Crippen molar-refractivity contribution < 1.29 is 17.6 Å². The second-order valence-electron chi connectivity index (χ2n) is 7.83. The lowest BCUT2D eigenvalue weighted by atomic mass is 10.0. The van der Waals surface area contributed by atoms with Crippen LogP contribution in [0, 0.1) is 11.6 Å². The van der Waals surface area contributed by atoms with E-state index in [0.29, 0.717) is 16.9 Å². The van der Waals surface area contributed by atoms with Gasteiger partial charge in [-0.15, -0.1) is 5.10 Å². The summed E-state index contributed by atoms with van der Waals surface area (Å²) in [6, 6.07) is 9.37. The summed E-state index contributed by atoms with van der Waals surface area (Å²) in [6.45, 7) is 0.745. The van der Waals surface area contributed by atoms with E-state index in [1.807, 2.05) is 0 Å². The Morgan fingerprint density at radius 3 is 2.47 bits per heavy atom. The molecule has 0 fully saturated rings. The predicted molar refractivity (Wildman–Crippen MR) is 117 cm³/mol. The van der Waals surface area contributed by atoms with Crippen molar-refractivity contribution in [3.05, 3.63) is 84.3 Å². The molecule has 172 valence electrons. The highest BCUT2D eigenvalue weighted by Crippen LogP contribution is 2.35. The summed E-state index contributed by atoms with van der Waals surface area (Å²) < 4.78 is 59.5. The number of nitrogens with zero attached hydrogens (tertiary/aromatic N) is 6. The number of benzene rings is 1. The van der Waals surface area contributed by atoms with Crippen molar-refractivity contribution in [2.45, 2.75) is 18.9 Å². The van der Waals surface area contributed by atoms with Crippen molar-refractivity contribution >= 4 is 11.6 Å². The van der Waals surface area contributed by atoms with Crippen molar-refractivity contribution in [3.8, 4) is 22.5 Å². The number of hydrogen-bond acceptors (Lipinski definition) is 5. The van der Waals surface area contributed by atoms with E-state index in [0.717, 1.165) is 23.7 Å². The number of nitrogen functional groups attached to an aromatic ring is 1. The smallest absolute Gasteiger partial charge is 0.271 e. The summed E-state index contributed by atoms with van der Waals surface area (Å²) >= 11 is 0. The minimum Gasteiger partial charge on any atom is -0.366 e. The number of rotatable bonds is 5. The molecule has 0 bridgehead atoms. The van der Waals surface area contributed by atoms with E-state index in [9.17, 15) is 17.6 Å². The van der Waals surface area contributed by atoms with Gasteiger partial charge in [0.25, 0.3) is 5.92 Å². The number of aromatic nitrogens is 6. The molecule has 11 heteroatoms. The molecule has 0 saturated carbocycles. The second kappa shape index (κ2) is 7.94. The van der Waals surface area contributed by atoms with Crippen LogP contribution in [-0.4, -0.2) is 35.3 Å². The molecule has 5 aromatic rings. The number of fused-ring (bicyclic) bond motifs is 1. The largest absolute Gasteiger partial charge is 0.366 e. The molecule has 0 spiro atoms. The van der Waals surface area contributed by atoms with Crippen LogP contribution in [0.3, 0.4) is 0 Å². The van der Waals surface area contributed by atoms with Crippen LogP contribution in [0.5, 0.6) is 0 Å². The molecular formula is C23H17F4N7. The molecule has 0 saturated heterocycles. The monoisotopic (exact) mass is 467 g/mol. The van der Waals surface area contributed by atoms with E-state index < -0.39 is 23.6 Å². The topological polar surface area (TPSA) is 86.9 Å². The molecule has 0 aliphatic rings. The lowest BCUT2D eigenvalue weighted by Gasteiger charge is -2.24. The van der Waals surface area contributed by atoms with Gasteiger partial charge in [-0.2, -0.15) is 10.1 Å². The van der Waals surface area contributed by atoms with E-state index >= 15 is 0 Å². The molecule has 0 radical (unpaired) electrons. The van der Waals surface area contributed by atoms with Gasteiger partial charge in [0, 0.05) is 30.4 Å². The summed E-state index contributed by atoms with van der Waals surface area (Å²) in [6.07, 6.45) is 4.20. The van der Waals surface area contributed by atoms with Crippen LogP contribution < -0.4 is 5.73 Å². The Hall–Kier alpha value is -4.28. The second-order valence-corrected chi connectivity index (χ2v) is 7.83. The van der Waals surface area contributed by atoms with Gasteiger partial charge in [0.1, 0.15) is 23.4 Å². The molecule has 4 aromatic heterocycles. The molecule has 0 aliphatic carbocycles. The highest BCUT2D eigenvalue weighted by molar-refractivity contribution is 5.68. The first kappa shape index (κ1) is 21.6. The zero-order chi connectivity index (χ0) is 24.0. The van der Waals surface area contributed by atoms with Gasteiger partial charge in [0.05, 0.1) is 11.9 Å². The molecule has 2 N–H and O–H groups in total. The highest BCUT2D eigenvalue weighted by Gasteiger charge is 2.38. The average Bonchev–Trinajstić information content (AvgIpc) is 3.40. The maximum atomic E-state index is 14.7. The molecule has 4 heterocycles. The predicted octanol–water partition coefficient (Wildman–Crippen LogP) is 4.76. The lowest BCUT2D eigenvalue weighted by molar-refractivity contribution is -0.0217. The Morgan fingerprint density at radius 2 is 1.74 bits per heavy atom. The van der Waals surface area contributed by atoms with Gasteiger partial charge >= 0.3 is 0 Å². The van der Waals surface area contributed by atoms with Crippen molar-refractivity contribution in [2.75, 3.05) is 5.73 Å². The quantitative estimate of drug-likeness (QED) is 0.377. The molecular weight excluding hydrogens is 450 g/mol. The Labute approximate surface area is 190 Å². The average molecular weight is 467 g/mol. The third kappa shape index (κ3) is 3.96. The first-order valence-corrected chi connectivity index (χ1v) is 10.2. The van der Waals surface area contributed by atoms with Crippen molar-refractivity contribution in [3.63, 3.8) is 0 Å². The van der Waals surface area contributed by atoms with E-state index in [-0.39, 0.29) is 22.8 Å². The fourth-order valence-electron chi connectivity index (χ4n) is 3.79. The molecule has 7 nitrogen and oxygen atoms in total. The fourth-order valence-corrected chi connectivity index (χ4v) is 3.79. The molecule has 0 amide bonds. The van der Waals surface area contributed by atoms with E-state index in [1.165, 1.54) is 41.2 Å². The minimum absolute atomic E-state index is 0.0538. The third-order valence-corrected chi connectivity index (χ3v) is 5.30. The minimum atomic E-state index is -3.23. The number of anilines is 1. The van der Waals surface area contributed by atoms with Crippen molar-refractivity contribution in [2.24, 2.45) is 0 Å². The van der Waals surface area contributed by atoms with Crippen LogP contribution in [0.1, 0.15) is 18.5 Å². The standard InChI is InChI=1S/C23H17F4N7/c1-23(26,27)21(13-2-4-16(24)5-3-13)34-12-15(11-29-34)20-17(25)6-7-18(30-20)14-8-9-33-19(10-14)31-22(28)32-33/h2-12,21H,1H3,(H2,28,32)/t21-/m1/s1. The van der Waals surface area contributed by atoms with E-state index in [1.54, 1.807) is 18.3 Å². The van der Waals surface area contributed by atoms with Gasteiger partial charge < -0.3 is 5.73 Å². The summed E-state index contributed by atoms with van der Waals surface area (Å²) in [5.41, 5.74) is 7.49. The summed E-state index contributed by atoms with van der Waals surface area (Å²) in [5, 5.41) is 8.05. The van der Waals surface area contributed by atoms with Crippen LogP contribution in [0.2, 0.25) is 0 Å². The zero-order valence-corrected chi connectivity index (χ0v) is 17.7. The van der Waals surface area contributed by atoms with Crippen molar-refractivity contribution in [1.29, 1.82) is 0 Å². The highest BCUT2D eigenvalue weighted by atomic mass is 19.3. The van der Waals surface area contributed by atoms with Crippen LogP contribution in [0.15, 0.2) is 67.1 Å². The van der Waals surface area contributed by atoms with Crippen LogP contribution in [0.25, 0.3) is 28.2 Å². The van der Waals surface area contributed by atoms with Crippen LogP contribution in [0.4, 0.5) is 23.5 Å². The number of halogens is 4. The summed E-state index contributed by atoms with van der Waals surface area (Å²) in [7, 11) is 0. The number of pyridine rings is 2.